The molecule has 2 aliphatic heterocycles. The zero-order valence-corrected chi connectivity index (χ0v) is 14.3. The zero-order valence-electron chi connectivity index (χ0n) is 12.6. The summed E-state index contributed by atoms with van der Waals surface area (Å²) in [7, 11) is 0. The Morgan fingerprint density at radius 2 is 1.95 bits per heavy atom. The summed E-state index contributed by atoms with van der Waals surface area (Å²) in [6.07, 6.45) is 4.67. The fourth-order valence-electron chi connectivity index (χ4n) is 3.17. The van der Waals surface area contributed by atoms with Crippen molar-refractivity contribution in [2.75, 3.05) is 24.6 Å². The van der Waals surface area contributed by atoms with E-state index in [0.29, 0.717) is 11.6 Å². The van der Waals surface area contributed by atoms with Gasteiger partial charge in [0.15, 0.2) is 0 Å². The van der Waals surface area contributed by atoms with E-state index in [9.17, 15) is 10.1 Å². The maximum Gasteiger partial charge on any atom is 0.274 e. The Balaban J connectivity index is 1.80. The number of thioether (sulfide) groups is 2. The predicted octanol–water partition coefficient (Wildman–Crippen LogP) is 4.01. The Labute approximate surface area is 140 Å². The van der Waals surface area contributed by atoms with E-state index in [2.05, 4.69) is 11.4 Å². The van der Waals surface area contributed by atoms with Crippen molar-refractivity contribution in [3.8, 4) is 0 Å². The molecule has 6 heteroatoms. The summed E-state index contributed by atoms with van der Waals surface area (Å²) in [4.78, 5) is 11.1. The number of piperidine rings is 1. The molecule has 3 rings (SSSR count). The van der Waals surface area contributed by atoms with Crippen molar-refractivity contribution < 1.29 is 4.92 Å². The topological polar surface area (TPSA) is 55.2 Å². The second-order valence-electron chi connectivity index (χ2n) is 5.97. The molecule has 0 aromatic heterocycles. The van der Waals surface area contributed by atoms with Gasteiger partial charge >= 0.3 is 0 Å². The van der Waals surface area contributed by atoms with E-state index in [1.807, 2.05) is 29.6 Å². The maximum absolute atomic E-state index is 11.3. The van der Waals surface area contributed by atoms with E-state index in [-0.39, 0.29) is 9.51 Å². The predicted molar refractivity (Wildman–Crippen MR) is 94.7 cm³/mol. The fraction of sp³-hybridized carbons (Fsp3) is 0.625. The fourth-order valence-corrected chi connectivity index (χ4v) is 6.10. The first-order valence-electron chi connectivity index (χ1n) is 7.95. The Hall–Kier alpha value is -0.720. The van der Waals surface area contributed by atoms with Crippen LogP contribution in [0.5, 0.6) is 0 Å². The van der Waals surface area contributed by atoms with Crippen LogP contribution in [0.15, 0.2) is 18.2 Å². The van der Waals surface area contributed by atoms with Gasteiger partial charge < -0.3 is 5.32 Å². The molecule has 0 saturated carbocycles. The lowest BCUT2D eigenvalue weighted by molar-refractivity contribution is -0.385. The van der Waals surface area contributed by atoms with E-state index < -0.39 is 0 Å². The van der Waals surface area contributed by atoms with Gasteiger partial charge in [0.25, 0.3) is 5.69 Å². The molecule has 0 aliphatic carbocycles. The van der Waals surface area contributed by atoms with Crippen LogP contribution in [-0.2, 0) is 6.42 Å². The van der Waals surface area contributed by atoms with Crippen molar-refractivity contribution >= 4 is 29.2 Å². The molecule has 22 heavy (non-hydrogen) atoms. The van der Waals surface area contributed by atoms with Crippen molar-refractivity contribution in [1.82, 2.24) is 5.32 Å². The average Bonchev–Trinajstić information content (AvgIpc) is 2.56. The standard InChI is InChI=1S/C16H22N2O2S2/c19-18(20)15-3-2-13(10-12-4-6-17-7-5-12)11-14(15)16-21-8-1-9-22-16/h2-3,11-12,16-17H,1,4-10H2. The Bertz CT molecular complexity index is 527. The summed E-state index contributed by atoms with van der Waals surface area (Å²) in [6, 6.07) is 5.79. The molecule has 0 atom stereocenters. The zero-order chi connectivity index (χ0) is 15.4. The molecule has 0 spiro atoms. The average molecular weight is 338 g/mol. The molecule has 2 saturated heterocycles. The number of hydrogen-bond acceptors (Lipinski definition) is 5. The molecule has 2 fully saturated rings. The van der Waals surface area contributed by atoms with E-state index >= 15 is 0 Å². The largest absolute Gasteiger partial charge is 0.317 e. The van der Waals surface area contributed by atoms with Crippen LogP contribution in [0.3, 0.4) is 0 Å². The molecule has 120 valence electrons. The molecule has 0 amide bonds. The molecular formula is C16H22N2O2S2. The van der Waals surface area contributed by atoms with Gasteiger partial charge in [-0.1, -0.05) is 6.07 Å². The smallest absolute Gasteiger partial charge is 0.274 e. The first-order chi connectivity index (χ1) is 10.7. The van der Waals surface area contributed by atoms with E-state index in [4.69, 9.17) is 0 Å². The summed E-state index contributed by atoms with van der Waals surface area (Å²) in [5.41, 5.74) is 2.48. The van der Waals surface area contributed by atoms with Gasteiger partial charge in [-0.3, -0.25) is 10.1 Å². The highest BCUT2D eigenvalue weighted by molar-refractivity contribution is 8.16. The van der Waals surface area contributed by atoms with Crippen molar-refractivity contribution in [2.24, 2.45) is 5.92 Å². The van der Waals surface area contributed by atoms with Gasteiger partial charge in [0.05, 0.1) is 15.1 Å². The third-order valence-corrected chi connectivity index (χ3v) is 7.33. The minimum Gasteiger partial charge on any atom is -0.317 e. The van der Waals surface area contributed by atoms with Crippen molar-refractivity contribution in [3.63, 3.8) is 0 Å². The molecule has 1 aromatic rings. The number of nitrogens with zero attached hydrogens (tertiary/aromatic N) is 1. The third-order valence-electron chi connectivity index (χ3n) is 4.35. The monoisotopic (exact) mass is 338 g/mol. The number of benzene rings is 1. The second-order valence-corrected chi connectivity index (χ2v) is 8.70. The van der Waals surface area contributed by atoms with E-state index in [0.717, 1.165) is 36.6 Å². The van der Waals surface area contributed by atoms with Crippen LogP contribution >= 0.6 is 23.5 Å². The number of nitrogens with one attached hydrogen (secondary N) is 1. The Morgan fingerprint density at radius 3 is 2.64 bits per heavy atom. The minimum absolute atomic E-state index is 0.223. The van der Waals surface area contributed by atoms with E-state index in [1.165, 1.54) is 24.8 Å². The molecule has 1 aromatic carbocycles. The molecule has 1 N–H and O–H groups in total. The van der Waals surface area contributed by atoms with Crippen LogP contribution in [0, 0.1) is 16.0 Å². The second kappa shape index (κ2) is 7.70. The molecule has 0 unspecified atom stereocenters. The van der Waals surface area contributed by atoms with Crippen LogP contribution in [0.4, 0.5) is 5.69 Å². The van der Waals surface area contributed by atoms with Crippen molar-refractivity contribution in [1.29, 1.82) is 0 Å². The highest BCUT2D eigenvalue weighted by Gasteiger charge is 2.26. The summed E-state index contributed by atoms with van der Waals surface area (Å²) >= 11 is 3.70. The van der Waals surface area contributed by atoms with Gasteiger partial charge in [-0.2, -0.15) is 0 Å². The number of hydrogen-bond donors (Lipinski definition) is 1. The van der Waals surface area contributed by atoms with Crippen LogP contribution in [-0.4, -0.2) is 29.5 Å². The Morgan fingerprint density at radius 1 is 1.23 bits per heavy atom. The molecule has 0 radical (unpaired) electrons. The van der Waals surface area contributed by atoms with Crippen molar-refractivity contribution in [2.45, 2.75) is 30.3 Å². The lowest BCUT2D eigenvalue weighted by Crippen LogP contribution is -2.28. The molecule has 4 nitrogen and oxygen atoms in total. The molecule has 2 heterocycles. The van der Waals surface area contributed by atoms with E-state index in [1.54, 1.807) is 6.07 Å². The third kappa shape index (κ3) is 3.97. The minimum atomic E-state index is -0.223. The first kappa shape index (κ1) is 16.1. The highest BCUT2D eigenvalue weighted by atomic mass is 32.2. The van der Waals surface area contributed by atoms with Gasteiger partial charge in [0.2, 0.25) is 0 Å². The summed E-state index contributed by atoms with van der Waals surface area (Å²) in [5, 5.41) is 14.7. The summed E-state index contributed by atoms with van der Waals surface area (Å²) in [5.74, 6) is 2.92. The molecule has 0 bridgehead atoms. The maximum atomic E-state index is 11.3. The number of nitro benzene ring substituents is 1. The van der Waals surface area contributed by atoms with Crippen molar-refractivity contribution in [3.05, 3.63) is 39.4 Å². The highest BCUT2D eigenvalue weighted by Crippen LogP contribution is 2.47. The summed E-state index contributed by atoms with van der Waals surface area (Å²) in [6.45, 7) is 2.19. The van der Waals surface area contributed by atoms with Crippen LogP contribution in [0.25, 0.3) is 0 Å². The van der Waals surface area contributed by atoms with Gasteiger partial charge in [-0.25, -0.2) is 0 Å². The molecule has 2 aliphatic rings. The Kier molecular flexibility index (Phi) is 5.66. The lowest BCUT2D eigenvalue weighted by atomic mass is 9.90. The first-order valence-corrected chi connectivity index (χ1v) is 10.0. The number of nitro groups is 1. The summed E-state index contributed by atoms with van der Waals surface area (Å²) < 4.78 is 0.224. The SMILES string of the molecule is O=[N+]([O-])c1ccc(CC2CCNCC2)cc1C1SCCCS1. The normalized spacial score (nSPS) is 20.9. The number of rotatable bonds is 4. The lowest BCUT2D eigenvalue weighted by Gasteiger charge is -2.24. The van der Waals surface area contributed by atoms with Gasteiger partial charge in [0, 0.05) is 6.07 Å². The van der Waals surface area contributed by atoms with Crippen LogP contribution in [0.2, 0.25) is 0 Å². The van der Waals surface area contributed by atoms with Gasteiger partial charge in [0.1, 0.15) is 0 Å². The molecular weight excluding hydrogens is 316 g/mol. The van der Waals surface area contributed by atoms with Crippen LogP contribution in [0.1, 0.15) is 35.0 Å². The van der Waals surface area contributed by atoms with Gasteiger partial charge in [-0.05, 0) is 67.8 Å². The van der Waals surface area contributed by atoms with Gasteiger partial charge in [-0.15, -0.1) is 23.5 Å². The quantitative estimate of drug-likeness (QED) is 0.664. The van der Waals surface area contributed by atoms with Crippen LogP contribution < -0.4 is 5.32 Å².